The summed E-state index contributed by atoms with van der Waals surface area (Å²) in [6.45, 7) is 1.71. The lowest BCUT2D eigenvalue weighted by molar-refractivity contribution is 0.210. The third kappa shape index (κ3) is 4.43. The van der Waals surface area contributed by atoms with Crippen LogP contribution in [0.2, 0.25) is 0 Å². The zero-order valence-electron chi connectivity index (χ0n) is 11.1. The summed E-state index contributed by atoms with van der Waals surface area (Å²) in [6, 6.07) is 6.28. The smallest absolute Gasteiger partial charge is 0.244 e. The zero-order chi connectivity index (χ0) is 14.2. The molecule has 0 aliphatic carbocycles. The fourth-order valence-electron chi connectivity index (χ4n) is 1.52. The molecule has 1 heterocycles. The van der Waals surface area contributed by atoms with Crippen LogP contribution in [0.1, 0.15) is 5.56 Å². The fraction of sp³-hybridized carbons (Fsp3) is 0.308. The Hall–Kier alpha value is -2.28. The van der Waals surface area contributed by atoms with Crippen LogP contribution >= 0.6 is 0 Å². The summed E-state index contributed by atoms with van der Waals surface area (Å²) >= 11 is 0. The number of rotatable bonds is 7. The Bertz CT molecular complexity index is 535. The van der Waals surface area contributed by atoms with Crippen molar-refractivity contribution in [2.45, 2.75) is 6.54 Å². The van der Waals surface area contributed by atoms with Gasteiger partial charge in [-0.15, -0.1) is 5.10 Å². The largest absolute Gasteiger partial charge is 0.383 e. The van der Waals surface area contributed by atoms with Crippen molar-refractivity contribution < 1.29 is 9.13 Å². The van der Waals surface area contributed by atoms with E-state index in [1.54, 1.807) is 19.2 Å². The van der Waals surface area contributed by atoms with Crippen molar-refractivity contribution in [1.29, 1.82) is 0 Å². The molecule has 6 nitrogen and oxygen atoms in total. The third-order valence-electron chi connectivity index (χ3n) is 2.54. The Balaban J connectivity index is 1.89. The summed E-state index contributed by atoms with van der Waals surface area (Å²) < 4.78 is 17.7. The lowest BCUT2D eigenvalue weighted by Crippen LogP contribution is -2.12. The lowest BCUT2D eigenvalue weighted by atomic mass is 10.2. The average molecular weight is 277 g/mol. The first-order chi connectivity index (χ1) is 9.78. The number of aromatic nitrogens is 3. The van der Waals surface area contributed by atoms with Crippen LogP contribution in [-0.2, 0) is 11.3 Å². The van der Waals surface area contributed by atoms with E-state index < -0.39 is 0 Å². The van der Waals surface area contributed by atoms with Crippen LogP contribution in [0, 0.1) is 5.82 Å². The topological polar surface area (TPSA) is 72.0 Å². The molecule has 0 fully saturated rings. The van der Waals surface area contributed by atoms with Gasteiger partial charge in [0.15, 0.2) is 5.82 Å². The maximum Gasteiger partial charge on any atom is 0.244 e. The summed E-state index contributed by atoms with van der Waals surface area (Å²) in [5.41, 5.74) is 0.957. The highest BCUT2D eigenvalue weighted by molar-refractivity contribution is 5.37. The Morgan fingerprint density at radius 1 is 1.20 bits per heavy atom. The summed E-state index contributed by atoms with van der Waals surface area (Å²) in [6.07, 6.45) is 1.53. The van der Waals surface area contributed by atoms with E-state index in [4.69, 9.17) is 4.74 Å². The quantitative estimate of drug-likeness (QED) is 0.750. The number of hydrogen-bond donors (Lipinski definition) is 2. The molecule has 0 spiro atoms. The molecule has 2 N–H and O–H groups in total. The first-order valence-corrected chi connectivity index (χ1v) is 6.19. The zero-order valence-corrected chi connectivity index (χ0v) is 11.1. The van der Waals surface area contributed by atoms with Gasteiger partial charge < -0.3 is 15.4 Å². The average Bonchev–Trinajstić information content (AvgIpc) is 2.47. The summed E-state index contributed by atoms with van der Waals surface area (Å²) in [5.74, 6) is 0.789. The van der Waals surface area contributed by atoms with Crippen LogP contribution in [0.4, 0.5) is 16.2 Å². The van der Waals surface area contributed by atoms with E-state index in [1.165, 1.54) is 18.3 Å². The Labute approximate surface area is 116 Å². The van der Waals surface area contributed by atoms with Crippen molar-refractivity contribution in [2.75, 3.05) is 30.9 Å². The molecule has 0 amide bonds. The van der Waals surface area contributed by atoms with Crippen molar-refractivity contribution in [1.82, 2.24) is 15.2 Å². The molecule has 20 heavy (non-hydrogen) atoms. The normalized spacial score (nSPS) is 10.3. The monoisotopic (exact) mass is 277 g/mol. The highest BCUT2D eigenvalue weighted by Crippen LogP contribution is 2.07. The van der Waals surface area contributed by atoms with Gasteiger partial charge in [-0.2, -0.15) is 10.1 Å². The van der Waals surface area contributed by atoms with Crippen LogP contribution in [0.25, 0.3) is 0 Å². The molecular formula is C13H16FN5O. The van der Waals surface area contributed by atoms with Gasteiger partial charge in [0, 0.05) is 20.2 Å². The number of nitrogens with one attached hydrogen (secondary N) is 2. The predicted octanol–water partition coefficient (Wildman–Crippen LogP) is 1.68. The van der Waals surface area contributed by atoms with Gasteiger partial charge in [0.2, 0.25) is 5.95 Å². The van der Waals surface area contributed by atoms with Gasteiger partial charge in [-0.05, 0) is 17.7 Å². The number of anilines is 2. The molecule has 0 bridgehead atoms. The molecule has 2 aromatic rings. The highest BCUT2D eigenvalue weighted by Gasteiger charge is 2.00. The molecule has 1 aromatic heterocycles. The first kappa shape index (κ1) is 14.1. The van der Waals surface area contributed by atoms with Crippen molar-refractivity contribution in [3.05, 3.63) is 41.8 Å². The summed E-state index contributed by atoms with van der Waals surface area (Å²) in [5, 5.41) is 13.8. The Kier molecular flexibility index (Phi) is 5.19. The van der Waals surface area contributed by atoms with Crippen LogP contribution in [-0.4, -0.2) is 35.4 Å². The molecule has 0 unspecified atom stereocenters. The Morgan fingerprint density at radius 3 is 2.75 bits per heavy atom. The number of hydrogen-bond acceptors (Lipinski definition) is 6. The van der Waals surface area contributed by atoms with E-state index in [2.05, 4.69) is 25.8 Å². The van der Waals surface area contributed by atoms with Crippen molar-refractivity contribution in [2.24, 2.45) is 0 Å². The molecule has 0 aliphatic rings. The van der Waals surface area contributed by atoms with Crippen molar-refractivity contribution >= 4 is 11.8 Å². The van der Waals surface area contributed by atoms with Gasteiger partial charge in [-0.25, -0.2) is 4.39 Å². The second-order valence-corrected chi connectivity index (χ2v) is 4.06. The number of benzene rings is 1. The van der Waals surface area contributed by atoms with Gasteiger partial charge in [-0.3, -0.25) is 0 Å². The molecule has 0 atom stereocenters. The van der Waals surface area contributed by atoms with E-state index in [0.29, 0.717) is 31.5 Å². The summed E-state index contributed by atoms with van der Waals surface area (Å²) in [4.78, 5) is 4.25. The molecule has 0 saturated heterocycles. The predicted molar refractivity (Wildman–Crippen MR) is 73.9 cm³/mol. The van der Waals surface area contributed by atoms with E-state index in [9.17, 15) is 4.39 Å². The third-order valence-corrected chi connectivity index (χ3v) is 2.54. The number of nitrogens with zero attached hydrogens (tertiary/aromatic N) is 3. The SMILES string of the molecule is COCCNc1nncc(NCc2ccc(F)cc2)n1. The van der Waals surface area contributed by atoms with E-state index >= 15 is 0 Å². The van der Waals surface area contributed by atoms with Crippen molar-refractivity contribution in [3.63, 3.8) is 0 Å². The van der Waals surface area contributed by atoms with Gasteiger partial charge in [0.25, 0.3) is 0 Å². The van der Waals surface area contributed by atoms with Crippen LogP contribution in [0.5, 0.6) is 0 Å². The van der Waals surface area contributed by atoms with Crippen LogP contribution < -0.4 is 10.6 Å². The first-order valence-electron chi connectivity index (χ1n) is 6.19. The van der Waals surface area contributed by atoms with Gasteiger partial charge >= 0.3 is 0 Å². The molecule has 106 valence electrons. The molecular weight excluding hydrogens is 261 g/mol. The maximum absolute atomic E-state index is 12.8. The van der Waals surface area contributed by atoms with Crippen LogP contribution in [0.3, 0.4) is 0 Å². The lowest BCUT2D eigenvalue weighted by Gasteiger charge is -2.07. The molecule has 7 heteroatoms. The molecule has 0 aliphatic heterocycles. The summed E-state index contributed by atoms with van der Waals surface area (Å²) in [7, 11) is 1.63. The standard InChI is InChI=1S/C13H16FN5O/c1-20-7-6-15-13-18-12(9-17-19-13)16-8-10-2-4-11(14)5-3-10/h2-5,9H,6-8H2,1H3,(H2,15,16,18,19). The maximum atomic E-state index is 12.8. The molecule has 0 saturated carbocycles. The van der Waals surface area contributed by atoms with E-state index in [-0.39, 0.29) is 5.82 Å². The molecule has 0 radical (unpaired) electrons. The minimum atomic E-state index is -0.248. The van der Waals surface area contributed by atoms with Gasteiger partial charge in [0.1, 0.15) is 5.82 Å². The minimum Gasteiger partial charge on any atom is -0.383 e. The number of methoxy groups -OCH3 is 1. The number of halogens is 1. The minimum absolute atomic E-state index is 0.248. The van der Waals surface area contributed by atoms with Gasteiger partial charge in [0.05, 0.1) is 12.8 Å². The van der Waals surface area contributed by atoms with Crippen molar-refractivity contribution in [3.8, 4) is 0 Å². The fourth-order valence-corrected chi connectivity index (χ4v) is 1.52. The van der Waals surface area contributed by atoms with Crippen LogP contribution in [0.15, 0.2) is 30.5 Å². The van der Waals surface area contributed by atoms with E-state index in [1.807, 2.05) is 0 Å². The molecule has 1 aromatic carbocycles. The number of ether oxygens (including phenoxy) is 1. The van der Waals surface area contributed by atoms with E-state index in [0.717, 1.165) is 5.56 Å². The Morgan fingerprint density at radius 2 is 2.00 bits per heavy atom. The van der Waals surface area contributed by atoms with Gasteiger partial charge in [-0.1, -0.05) is 12.1 Å². The molecule has 2 rings (SSSR count). The second kappa shape index (κ2) is 7.34. The second-order valence-electron chi connectivity index (χ2n) is 4.06. The highest BCUT2D eigenvalue weighted by atomic mass is 19.1.